The Morgan fingerprint density at radius 2 is 1.41 bits per heavy atom. The van der Waals surface area contributed by atoms with E-state index in [1.54, 1.807) is 55.6 Å². The highest BCUT2D eigenvalue weighted by Gasteiger charge is 2.14. The van der Waals surface area contributed by atoms with Gasteiger partial charge in [-0.3, -0.25) is 9.59 Å². The molecule has 0 spiro atoms. The van der Waals surface area contributed by atoms with Crippen molar-refractivity contribution < 1.29 is 19.1 Å². The van der Waals surface area contributed by atoms with Crippen LogP contribution in [-0.4, -0.2) is 25.5 Å². The highest BCUT2D eigenvalue weighted by Crippen LogP contribution is 2.23. The lowest BCUT2D eigenvalue weighted by atomic mass is 9.87. The fourth-order valence-corrected chi connectivity index (χ4v) is 3.02. The summed E-state index contributed by atoms with van der Waals surface area (Å²) in [5, 5.41) is 5.64. The molecule has 0 saturated heterocycles. The van der Waals surface area contributed by atoms with Crippen LogP contribution in [0.4, 0.5) is 11.4 Å². The number of ether oxygens (including phenoxy) is 2. The van der Waals surface area contributed by atoms with E-state index >= 15 is 0 Å². The first-order chi connectivity index (χ1) is 15.2. The molecule has 3 aromatic carbocycles. The molecule has 0 aliphatic heterocycles. The van der Waals surface area contributed by atoms with E-state index in [4.69, 9.17) is 9.47 Å². The fraction of sp³-hybridized carbons (Fsp3) is 0.231. The Morgan fingerprint density at radius 1 is 0.812 bits per heavy atom. The second kappa shape index (κ2) is 10.0. The van der Waals surface area contributed by atoms with Gasteiger partial charge in [-0.1, -0.05) is 39.0 Å². The Kier molecular flexibility index (Phi) is 7.15. The van der Waals surface area contributed by atoms with Gasteiger partial charge in [0.2, 0.25) is 0 Å². The molecule has 0 saturated carbocycles. The minimum atomic E-state index is -0.304. The van der Waals surface area contributed by atoms with Crippen LogP contribution in [0.25, 0.3) is 0 Å². The van der Waals surface area contributed by atoms with Crippen molar-refractivity contribution >= 4 is 23.2 Å². The van der Waals surface area contributed by atoms with Gasteiger partial charge in [0.15, 0.2) is 6.61 Å². The molecule has 0 atom stereocenters. The number of anilines is 2. The van der Waals surface area contributed by atoms with Gasteiger partial charge in [0.05, 0.1) is 7.11 Å². The van der Waals surface area contributed by atoms with E-state index in [9.17, 15) is 9.59 Å². The average molecular weight is 433 g/mol. The molecular formula is C26H28N2O4. The minimum absolute atomic E-state index is 0.0264. The zero-order chi connectivity index (χ0) is 23.1. The fourth-order valence-electron chi connectivity index (χ4n) is 3.02. The molecule has 0 unspecified atom stereocenters. The number of carbonyl (C=O) groups excluding carboxylic acids is 2. The van der Waals surface area contributed by atoms with Crippen molar-refractivity contribution in [2.45, 2.75) is 26.2 Å². The summed E-state index contributed by atoms with van der Waals surface area (Å²) in [6.45, 7) is 6.25. The number of benzene rings is 3. The Bertz CT molecular complexity index is 1070. The first-order valence-corrected chi connectivity index (χ1v) is 10.3. The van der Waals surface area contributed by atoms with E-state index in [0.717, 1.165) is 5.56 Å². The van der Waals surface area contributed by atoms with Crippen LogP contribution in [0.15, 0.2) is 72.8 Å². The molecule has 0 aliphatic carbocycles. The number of hydrogen-bond donors (Lipinski definition) is 2. The summed E-state index contributed by atoms with van der Waals surface area (Å²) < 4.78 is 10.6. The molecule has 0 bridgehead atoms. The van der Waals surface area contributed by atoms with Gasteiger partial charge in [0.1, 0.15) is 11.5 Å². The van der Waals surface area contributed by atoms with Crippen LogP contribution in [-0.2, 0) is 10.2 Å². The highest BCUT2D eigenvalue weighted by molar-refractivity contribution is 6.04. The lowest BCUT2D eigenvalue weighted by Gasteiger charge is -2.19. The maximum absolute atomic E-state index is 12.6. The van der Waals surface area contributed by atoms with Gasteiger partial charge in [0.25, 0.3) is 11.8 Å². The Balaban J connectivity index is 1.56. The van der Waals surface area contributed by atoms with E-state index in [-0.39, 0.29) is 23.8 Å². The van der Waals surface area contributed by atoms with Crippen molar-refractivity contribution in [2.75, 3.05) is 24.4 Å². The number of amides is 2. The van der Waals surface area contributed by atoms with Crippen molar-refractivity contribution in [3.63, 3.8) is 0 Å². The maximum Gasteiger partial charge on any atom is 0.262 e. The third-order valence-electron chi connectivity index (χ3n) is 4.85. The van der Waals surface area contributed by atoms with Gasteiger partial charge < -0.3 is 20.1 Å². The van der Waals surface area contributed by atoms with Gasteiger partial charge in [-0.05, 0) is 65.6 Å². The number of rotatable bonds is 7. The largest absolute Gasteiger partial charge is 0.497 e. The van der Waals surface area contributed by atoms with Crippen molar-refractivity contribution in [1.29, 1.82) is 0 Å². The lowest BCUT2D eigenvalue weighted by Crippen LogP contribution is -2.20. The summed E-state index contributed by atoms with van der Waals surface area (Å²) in [5.74, 6) is 0.768. The standard InChI is InChI=1S/C26H28N2O4/c1-26(2,3)19-10-8-18(9-11-19)25(30)28-21-7-5-6-20(16-21)27-24(29)17-32-23-14-12-22(31-4)13-15-23/h5-16H,17H2,1-4H3,(H,27,29)(H,28,30). The van der Waals surface area contributed by atoms with Crippen LogP contribution in [0, 0.1) is 0 Å². The van der Waals surface area contributed by atoms with Crippen molar-refractivity contribution in [3.8, 4) is 11.5 Å². The van der Waals surface area contributed by atoms with Crippen LogP contribution in [0.5, 0.6) is 11.5 Å². The number of methoxy groups -OCH3 is 1. The average Bonchev–Trinajstić information content (AvgIpc) is 2.78. The monoisotopic (exact) mass is 432 g/mol. The summed E-state index contributed by atoms with van der Waals surface area (Å²) in [6.07, 6.45) is 0. The molecule has 0 radical (unpaired) electrons. The Hall–Kier alpha value is -3.80. The maximum atomic E-state index is 12.6. The SMILES string of the molecule is COc1ccc(OCC(=O)Nc2cccc(NC(=O)c3ccc(C(C)(C)C)cc3)c2)cc1. The molecule has 6 nitrogen and oxygen atoms in total. The normalized spacial score (nSPS) is 10.9. The first-order valence-electron chi connectivity index (χ1n) is 10.3. The second-order valence-electron chi connectivity index (χ2n) is 8.37. The van der Waals surface area contributed by atoms with E-state index in [1.165, 1.54) is 0 Å². The molecule has 6 heteroatoms. The van der Waals surface area contributed by atoms with E-state index in [2.05, 4.69) is 31.4 Å². The van der Waals surface area contributed by atoms with Gasteiger partial charge >= 0.3 is 0 Å². The van der Waals surface area contributed by atoms with Crippen molar-refractivity contribution in [1.82, 2.24) is 0 Å². The number of nitrogens with one attached hydrogen (secondary N) is 2. The molecule has 0 fully saturated rings. The summed E-state index contributed by atoms with van der Waals surface area (Å²) in [6, 6.07) is 21.5. The smallest absolute Gasteiger partial charge is 0.262 e. The molecule has 2 amide bonds. The third kappa shape index (κ3) is 6.35. The zero-order valence-electron chi connectivity index (χ0n) is 18.8. The zero-order valence-corrected chi connectivity index (χ0v) is 18.8. The van der Waals surface area contributed by atoms with E-state index in [0.29, 0.717) is 28.4 Å². The number of carbonyl (C=O) groups is 2. The first kappa shape index (κ1) is 22.9. The predicted octanol–water partition coefficient (Wildman–Crippen LogP) is 5.26. The summed E-state index contributed by atoms with van der Waals surface area (Å²) in [4.78, 5) is 24.8. The Morgan fingerprint density at radius 3 is 2.00 bits per heavy atom. The molecule has 3 aromatic rings. The Labute approximate surface area is 188 Å². The third-order valence-corrected chi connectivity index (χ3v) is 4.85. The molecule has 32 heavy (non-hydrogen) atoms. The van der Waals surface area contributed by atoms with Gasteiger partial charge in [0, 0.05) is 16.9 Å². The van der Waals surface area contributed by atoms with E-state index in [1.807, 2.05) is 24.3 Å². The van der Waals surface area contributed by atoms with Crippen molar-refractivity contribution in [3.05, 3.63) is 83.9 Å². The van der Waals surface area contributed by atoms with Crippen LogP contribution in [0.1, 0.15) is 36.7 Å². The summed E-state index contributed by atoms with van der Waals surface area (Å²) >= 11 is 0. The van der Waals surface area contributed by atoms with Crippen LogP contribution in [0.3, 0.4) is 0 Å². The van der Waals surface area contributed by atoms with Gasteiger partial charge in [-0.15, -0.1) is 0 Å². The highest BCUT2D eigenvalue weighted by atomic mass is 16.5. The quantitative estimate of drug-likeness (QED) is 0.534. The molecule has 2 N–H and O–H groups in total. The molecular weight excluding hydrogens is 404 g/mol. The van der Waals surface area contributed by atoms with Crippen LogP contribution in [0.2, 0.25) is 0 Å². The lowest BCUT2D eigenvalue weighted by molar-refractivity contribution is -0.118. The molecule has 0 heterocycles. The topological polar surface area (TPSA) is 76.7 Å². The summed E-state index contributed by atoms with van der Waals surface area (Å²) in [7, 11) is 1.59. The number of hydrogen-bond acceptors (Lipinski definition) is 4. The van der Waals surface area contributed by atoms with Gasteiger partial charge in [-0.2, -0.15) is 0 Å². The molecule has 0 aliphatic rings. The van der Waals surface area contributed by atoms with Gasteiger partial charge in [-0.25, -0.2) is 0 Å². The second-order valence-corrected chi connectivity index (χ2v) is 8.37. The summed E-state index contributed by atoms with van der Waals surface area (Å²) in [5.41, 5.74) is 2.91. The molecule has 0 aromatic heterocycles. The minimum Gasteiger partial charge on any atom is -0.497 e. The van der Waals surface area contributed by atoms with Crippen LogP contribution < -0.4 is 20.1 Å². The molecule has 3 rings (SSSR count). The van der Waals surface area contributed by atoms with Crippen LogP contribution >= 0.6 is 0 Å². The molecule has 166 valence electrons. The van der Waals surface area contributed by atoms with Crippen molar-refractivity contribution in [2.24, 2.45) is 0 Å². The predicted molar refractivity (Wildman–Crippen MR) is 127 cm³/mol. The van der Waals surface area contributed by atoms with E-state index < -0.39 is 0 Å².